The molecule has 0 amide bonds. The third kappa shape index (κ3) is 1.28. The highest BCUT2D eigenvalue weighted by atomic mass is 32.1. The van der Waals surface area contributed by atoms with Gasteiger partial charge in [-0.25, -0.2) is 5.48 Å². The molecule has 0 radical (unpaired) electrons. The Morgan fingerprint density at radius 3 is 3.45 bits per heavy atom. The van der Waals surface area contributed by atoms with E-state index in [0.717, 1.165) is 23.6 Å². The highest BCUT2D eigenvalue weighted by Crippen LogP contribution is 2.27. The van der Waals surface area contributed by atoms with Gasteiger partial charge >= 0.3 is 0 Å². The molecular weight excluding hydrogens is 158 g/mol. The fourth-order valence-electron chi connectivity index (χ4n) is 1.34. The molecule has 1 aliphatic carbocycles. The average Bonchev–Trinajstić information content (AvgIpc) is 2.04. The first-order valence-corrected chi connectivity index (χ1v) is 4.09. The molecule has 2 aliphatic rings. The Morgan fingerprint density at radius 2 is 2.55 bits per heavy atom. The Hall–Kier alpha value is -0.830. The summed E-state index contributed by atoms with van der Waals surface area (Å²) in [5, 5.41) is 0. The van der Waals surface area contributed by atoms with Crippen molar-refractivity contribution in [1.29, 1.82) is 0 Å². The summed E-state index contributed by atoms with van der Waals surface area (Å²) < 4.78 is 0. The molecule has 1 atom stereocenters. The van der Waals surface area contributed by atoms with Gasteiger partial charge in [-0.3, -0.25) is 0 Å². The van der Waals surface area contributed by atoms with Crippen molar-refractivity contribution in [1.82, 2.24) is 5.48 Å². The summed E-state index contributed by atoms with van der Waals surface area (Å²) in [6.45, 7) is 0. The van der Waals surface area contributed by atoms with Crippen LogP contribution >= 0.6 is 12.2 Å². The van der Waals surface area contributed by atoms with E-state index in [1.54, 1.807) is 0 Å². The highest BCUT2D eigenvalue weighted by molar-refractivity contribution is 7.80. The molecule has 0 bridgehead atoms. The van der Waals surface area contributed by atoms with Crippen molar-refractivity contribution in [3.8, 4) is 0 Å². The van der Waals surface area contributed by atoms with E-state index < -0.39 is 0 Å². The molecule has 0 saturated carbocycles. The van der Waals surface area contributed by atoms with E-state index in [1.165, 1.54) is 0 Å². The zero-order valence-corrected chi connectivity index (χ0v) is 6.86. The van der Waals surface area contributed by atoms with E-state index >= 15 is 0 Å². The second-order valence-corrected chi connectivity index (χ2v) is 3.25. The summed E-state index contributed by atoms with van der Waals surface area (Å²) in [6, 6.07) is 0. The summed E-state index contributed by atoms with van der Waals surface area (Å²) in [5.74, 6) is 1.50. The quantitative estimate of drug-likeness (QED) is 0.555. The van der Waals surface area contributed by atoms with Crippen molar-refractivity contribution in [3.05, 3.63) is 24.0 Å². The number of hydroxylamine groups is 1. The molecule has 1 N–H and O–H groups in total. The Balaban J connectivity index is 2.16. The van der Waals surface area contributed by atoms with E-state index in [9.17, 15) is 0 Å². The fourth-order valence-corrected chi connectivity index (χ4v) is 1.58. The average molecular weight is 167 g/mol. The molecule has 58 valence electrons. The first-order chi connectivity index (χ1) is 5.36. The van der Waals surface area contributed by atoms with Gasteiger partial charge in [0.25, 0.3) is 0 Å². The number of hydrogen-bond donors (Lipinski definition) is 1. The highest BCUT2D eigenvalue weighted by Gasteiger charge is 2.23. The van der Waals surface area contributed by atoms with Crippen LogP contribution in [0.25, 0.3) is 0 Å². The number of allylic oxidation sites excluding steroid dienone is 4. The van der Waals surface area contributed by atoms with E-state index in [-0.39, 0.29) is 0 Å². The first-order valence-electron chi connectivity index (χ1n) is 3.68. The van der Waals surface area contributed by atoms with Gasteiger partial charge in [0.05, 0.1) is 0 Å². The maximum Gasteiger partial charge on any atom is 0.135 e. The predicted octanol–water partition coefficient (Wildman–Crippen LogP) is 1.70. The Kier molecular flexibility index (Phi) is 1.66. The van der Waals surface area contributed by atoms with Crippen LogP contribution < -0.4 is 5.48 Å². The van der Waals surface area contributed by atoms with Crippen LogP contribution in [0.15, 0.2) is 24.0 Å². The molecule has 1 saturated heterocycles. The predicted molar refractivity (Wildman–Crippen MR) is 46.8 cm³/mol. The normalized spacial score (nSPS) is 28.2. The number of nitrogens with one attached hydrogen (secondary N) is 1. The summed E-state index contributed by atoms with van der Waals surface area (Å²) in [4.78, 5) is 6.02. The number of hydrogen-bond acceptors (Lipinski definition) is 2. The third-order valence-electron chi connectivity index (χ3n) is 1.93. The van der Waals surface area contributed by atoms with Gasteiger partial charge in [-0.2, -0.15) is 0 Å². The van der Waals surface area contributed by atoms with Crippen LogP contribution in [-0.2, 0) is 4.84 Å². The zero-order valence-electron chi connectivity index (χ0n) is 6.04. The summed E-state index contributed by atoms with van der Waals surface area (Å²) >= 11 is 4.99. The largest absolute Gasteiger partial charge is 0.386 e. The SMILES string of the molecule is S=C1CC2CC=CC=C2ON1. The third-order valence-corrected chi connectivity index (χ3v) is 2.18. The molecule has 1 aliphatic heterocycles. The smallest absolute Gasteiger partial charge is 0.135 e. The van der Waals surface area contributed by atoms with E-state index in [2.05, 4.69) is 11.6 Å². The molecule has 2 nitrogen and oxygen atoms in total. The molecule has 0 aromatic carbocycles. The number of rotatable bonds is 0. The van der Waals surface area contributed by atoms with Gasteiger partial charge in [0.1, 0.15) is 10.7 Å². The Bertz CT molecular complexity index is 244. The topological polar surface area (TPSA) is 21.3 Å². The fraction of sp³-hybridized carbons (Fsp3) is 0.375. The van der Waals surface area contributed by atoms with Crippen LogP contribution in [0, 0.1) is 5.92 Å². The Morgan fingerprint density at radius 1 is 1.64 bits per heavy atom. The van der Waals surface area contributed by atoms with Gasteiger partial charge in [-0.1, -0.05) is 24.4 Å². The second kappa shape index (κ2) is 2.66. The van der Waals surface area contributed by atoms with E-state index in [1.807, 2.05) is 12.2 Å². The lowest BCUT2D eigenvalue weighted by Crippen LogP contribution is -2.32. The van der Waals surface area contributed by atoms with Crippen molar-refractivity contribution < 1.29 is 4.84 Å². The molecule has 0 spiro atoms. The van der Waals surface area contributed by atoms with Crippen LogP contribution in [-0.4, -0.2) is 4.99 Å². The molecule has 3 heteroatoms. The minimum Gasteiger partial charge on any atom is -0.386 e. The van der Waals surface area contributed by atoms with Gasteiger partial charge in [-0.15, -0.1) is 0 Å². The zero-order chi connectivity index (χ0) is 7.68. The molecule has 0 aromatic rings. The van der Waals surface area contributed by atoms with Crippen LogP contribution in [0.3, 0.4) is 0 Å². The Labute approximate surface area is 70.9 Å². The number of fused-ring (bicyclic) bond motifs is 1. The minimum absolute atomic E-state index is 0.480. The maximum absolute atomic E-state index is 5.21. The summed E-state index contributed by atoms with van der Waals surface area (Å²) in [5.41, 5.74) is 2.71. The van der Waals surface area contributed by atoms with Gasteiger partial charge in [0, 0.05) is 12.3 Å². The van der Waals surface area contributed by atoms with Crippen molar-refractivity contribution in [3.63, 3.8) is 0 Å². The lowest BCUT2D eigenvalue weighted by Gasteiger charge is -2.27. The molecule has 2 rings (SSSR count). The molecule has 1 unspecified atom stereocenters. The molecule has 1 fully saturated rings. The van der Waals surface area contributed by atoms with Crippen molar-refractivity contribution in [2.45, 2.75) is 12.8 Å². The lowest BCUT2D eigenvalue weighted by atomic mass is 9.94. The molecule has 1 heterocycles. The minimum atomic E-state index is 0.480. The van der Waals surface area contributed by atoms with Gasteiger partial charge in [-0.05, 0) is 12.5 Å². The van der Waals surface area contributed by atoms with E-state index in [0.29, 0.717) is 5.92 Å². The van der Waals surface area contributed by atoms with Crippen LogP contribution in [0.2, 0.25) is 0 Å². The molecule has 0 aromatic heterocycles. The van der Waals surface area contributed by atoms with Gasteiger partial charge in [0.2, 0.25) is 0 Å². The standard InChI is InChI=1S/C8H9NOS/c11-8-5-6-3-1-2-4-7(6)10-9-8/h1-2,4,6H,3,5H2,(H,9,11). The van der Waals surface area contributed by atoms with Crippen LogP contribution in [0.1, 0.15) is 12.8 Å². The van der Waals surface area contributed by atoms with E-state index in [4.69, 9.17) is 17.1 Å². The second-order valence-electron chi connectivity index (χ2n) is 2.76. The number of thiocarbonyl (C=S) groups is 1. The first kappa shape index (κ1) is 6.85. The van der Waals surface area contributed by atoms with Crippen molar-refractivity contribution in [2.75, 3.05) is 0 Å². The van der Waals surface area contributed by atoms with Crippen LogP contribution in [0.5, 0.6) is 0 Å². The van der Waals surface area contributed by atoms with Crippen molar-refractivity contribution in [2.24, 2.45) is 5.92 Å². The summed E-state index contributed by atoms with van der Waals surface area (Å²) in [7, 11) is 0. The lowest BCUT2D eigenvalue weighted by molar-refractivity contribution is 0.110. The summed E-state index contributed by atoms with van der Waals surface area (Å²) in [6.07, 6.45) is 8.12. The van der Waals surface area contributed by atoms with Crippen LogP contribution in [0.4, 0.5) is 0 Å². The molecular formula is C8H9NOS. The van der Waals surface area contributed by atoms with Crippen molar-refractivity contribution >= 4 is 17.2 Å². The maximum atomic E-state index is 5.21. The van der Waals surface area contributed by atoms with Gasteiger partial charge in [0.15, 0.2) is 0 Å². The monoisotopic (exact) mass is 167 g/mol. The van der Waals surface area contributed by atoms with Gasteiger partial charge < -0.3 is 4.84 Å². The molecule has 11 heavy (non-hydrogen) atoms.